The Kier molecular flexibility index (Phi) is 7.69. The highest BCUT2D eigenvalue weighted by atomic mass is 16.5. The van der Waals surface area contributed by atoms with Crippen molar-refractivity contribution in [3.05, 3.63) is 25.0 Å². The van der Waals surface area contributed by atoms with Gasteiger partial charge in [0.15, 0.2) is 0 Å². The number of ether oxygens (including phenoxy) is 1. The van der Waals surface area contributed by atoms with E-state index in [0.29, 0.717) is 18.3 Å². The molecule has 0 N–H and O–H groups in total. The molecule has 0 aliphatic rings. The molecule has 0 aliphatic heterocycles. The van der Waals surface area contributed by atoms with E-state index in [0.717, 1.165) is 12.8 Å². The molecule has 0 aliphatic carbocycles. The van der Waals surface area contributed by atoms with E-state index >= 15 is 0 Å². The minimum atomic E-state index is -0.183. The third kappa shape index (κ3) is 6.95. The molecule has 0 heterocycles. The van der Waals surface area contributed by atoms with Gasteiger partial charge in [-0.05, 0) is 30.8 Å². The molecule has 2 heteroatoms. The minimum absolute atomic E-state index is 0.183. The monoisotopic (exact) mass is 210 g/mol. The van der Waals surface area contributed by atoms with Crippen molar-refractivity contribution in [2.24, 2.45) is 11.8 Å². The summed E-state index contributed by atoms with van der Waals surface area (Å²) in [6.07, 6.45) is 7.97. The molecule has 2 nitrogen and oxygen atoms in total. The highest BCUT2D eigenvalue weighted by Crippen LogP contribution is 2.18. The third-order valence-electron chi connectivity index (χ3n) is 2.59. The fourth-order valence-corrected chi connectivity index (χ4v) is 1.16. The second kappa shape index (κ2) is 8.27. The van der Waals surface area contributed by atoms with Gasteiger partial charge in [0.2, 0.25) is 0 Å². The summed E-state index contributed by atoms with van der Waals surface area (Å²) in [5.41, 5.74) is 0. The maximum atomic E-state index is 10.8. The van der Waals surface area contributed by atoms with Crippen molar-refractivity contribution in [2.75, 3.05) is 0 Å². The van der Waals surface area contributed by atoms with Crippen LogP contribution in [-0.4, -0.2) is 5.97 Å². The van der Waals surface area contributed by atoms with Gasteiger partial charge < -0.3 is 4.74 Å². The molecule has 0 fully saturated rings. The van der Waals surface area contributed by atoms with Gasteiger partial charge in [-0.1, -0.05) is 26.8 Å². The van der Waals surface area contributed by atoms with E-state index in [1.807, 2.05) is 12.2 Å². The molecule has 0 amide bonds. The predicted molar refractivity (Wildman–Crippen MR) is 63.3 cm³/mol. The summed E-state index contributed by atoms with van der Waals surface area (Å²) in [5.74, 6) is 0.825. The highest BCUT2D eigenvalue weighted by Gasteiger charge is 2.08. The topological polar surface area (TPSA) is 26.3 Å². The zero-order chi connectivity index (χ0) is 11.7. The Labute approximate surface area is 93.0 Å². The molecular weight excluding hydrogens is 188 g/mol. The summed E-state index contributed by atoms with van der Waals surface area (Å²) in [6, 6.07) is 0. The maximum Gasteiger partial charge on any atom is 0.310 e. The van der Waals surface area contributed by atoms with Crippen LogP contribution >= 0.6 is 0 Å². The van der Waals surface area contributed by atoms with Gasteiger partial charge in [-0.25, -0.2) is 0 Å². The van der Waals surface area contributed by atoms with Crippen molar-refractivity contribution in [1.29, 1.82) is 0 Å². The Bertz CT molecular complexity index is 219. The summed E-state index contributed by atoms with van der Waals surface area (Å²) in [7, 11) is 0. The molecule has 0 bridgehead atoms. The Morgan fingerprint density at radius 2 is 2.13 bits per heavy atom. The van der Waals surface area contributed by atoms with Crippen LogP contribution in [0.5, 0.6) is 0 Å². The first-order valence-electron chi connectivity index (χ1n) is 5.58. The summed E-state index contributed by atoms with van der Waals surface area (Å²) in [6.45, 7) is 9.81. The van der Waals surface area contributed by atoms with Gasteiger partial charge in [0, 0.05) is 6.42 Å². The number of hydrogen-bond acceptors (Lipinski definition) is 2. The van der Waals surface area contributed by atoms with E-state index in [1.165, 1.54) is 6.26 Å². The normalized spacial score (nSPS) is 14.9. The number of allylic oxidation sites excluding steroid dienone is 2. The van der Waals surface area contributed by atoms with E-state index in [2.05, 4.69) is 20.4 Å². The van der Waals surface area contributed by atoms with Crippen molar-refractivity contribution < 1.29 is 9.53 Å². The van der Waals surface area contributed by atoms with Gasteiger partial charge >= 0.3 is 5.97 Å². The molecule has 2 atom stereocenters. The molecule has 0 aromatic heterocycles. The predicted octanol–water partition coefficient (Wildman–Crippen LogP) is 3.69. The molecule has 0 saturated heterocycles. The van der Waals surface area contributed by atoms with Crippen molar-refractivity contribution in [2.45, 2.75) is 40.0 Å². The third-order valence-corrected chi connectivity index (χ3v) is 2.59. The van der Waals surface area contributed by atoms with Gasteiger partial charge in [0.1, 0.15) is 0 Å². The van der Waals surface area contributed by atoms with Gasteiger partial charge in [0.05, 0.1) is 6.26 Å². The maximum absolute atomic E-state index is 10.8. The Hall–Kier alpha value is -1.05. The zero-order valence-corrected chi connectivity index (χ0v) is 10.0. The first kappa shape index (κ1) is 13.9. The van der Waals surface area contributed by atoms with Crippen LogP contribution in [0.25, 0.3) is 0 Å². The Morgan fingerprint density at radius 3 is 2.67 bits per heavy atom. The molecule has 2 unspecified atom stereocenters. The molecule has 0 rings (SSSR count). The highest BCUT2D eigenvalue weighted by molar-refractivity contribution is 5.69. The lowest BCUT2D eigenvalue weighted by Gasteiger charge is -2.14. The van der Waals surface area contributed by atoms with E-state index in [-0.39, 0.29) is 5.97 Å². The van der Waals surface area contributed by atoms with Gasteiger partial charge in [-0.2, -0.15) is 0 Å². The number of esters is 1. The van der Waals surface area contributed by atoms with Crippen LogP contribution in [0.4, 0.5) is 0 Å². The molecule has 0 radical (unpaired) electrons. The first-order valence-corrected chi connectivity index (χ1v) is 5.58. The fraction of sp³-hybridized carbons (Fsp3) is 0.615. The van der Waals surface area contributed by atoms with Crippen LogP contribution in [-0.2, 0) is 9.53 Å². The van der Waals surface area contributed by atoms with Crippen LogP contribution in [0.15, 0.2) is 25.0 Å². The molecular formula is C13H22O2. The van der Waals surface area contributed by atoms with Crippen molar-refractivity contribution in [3.63, 3.8) is 0 Å². The van der Waals surface area contributed by atoms with E-state index in [4.69, 9.17) is 4.74 Å². The van der Waals surface area contributed by atoms with Crippen LogP contribution in [0, 0.1) is 11.8 Å². The quantitative estimate of drug-likeness (QED) is 0.364. The SMILES string of the molecule is C=CCCC(C)C(C)/C=C/OC(=O)CC. The average molecular weight is 210 g/mol. The van der Waals surface area contributed by atoms with Gasteiger partial charge in [-0.3, -0.25) is 4.79 Å². The second-order valence-corrected chi connectivity index (χ2v) is 3.87. The van der Waals surface area contributed by atoms with Crippen molar-refractivity contribution in [3.8, 4) is 0 Å². The number of carbonyl (C=O) groups is 1. The Balaban J connectivity index is 3.84. The van der Waals surface area contributed by atoms with E-state index in [1.54, 1.807) is 6.92 Å². The molecule has 15 heavy (non-hydrogen) atoms. The summed E-state index contributed by atoms with van der Waals surface area (Å²) < 4.78 is 4.88. The lowest BCUT2D eigenvalue weighted by molar-refractivity contribution is -0.137. The molecule has 86 valence electrons. The summed E-state index contributed by atoms with van der Waals surface area (Å²) in [4.78, 5) is 10.8. The molecule has 0 spiro atoms. The second-order valence-electron chi connectivity index (χ2n) is 3.87. The minimum Gasteiger partial charge on any atom is -0.435 e. The molecule has 0 saturated carbocycles. The molecule has 0 aromatic carbocycles. The fourth-order valence-electron chi connectivity index (χ4n) is 1.16. The van der Waals surface area contributed by atoms with Gasteiger partial charge in [-0.15, -0.1) is 6.58 Å². The van der Waals surface area contributed by atoms with Crippen LogP contribution in [0.2, 0.25) is 0 Å². The lowest BCUT2D eigenvalue weighted by Crippen LogP contribution is -2.05. The van der Waals surface area contributed by atoms with Crippen LogP contribution < -0.4 is 0 Å². The van der Waals surface area contributed by atoms with E-state index < -0.39 is 0 Å². The van der Waals surface area contributed by atoms with Crippen LogP contribution in [0.3, 0.4) is 0 Å². The first-order chi connectivity index (χ1) is 7.11. The van der Waals surface area contributed by atoms with E-state index in [9.17, 15) is 4.79 Å². The summed E-state index contributed by atoms with van der Waals surface area (Å²) >= 11 is 0. The van der Waals surface area contributed by atoms with Gasteiger partial charge in [0.25, 0.3) is 0 Å². The zero-order valence-electron chi connectivity index (χ0n) is 10.0. The number of hydrogen-bond donors (Lipinski definition) is 0. The standard InChI is InChI=1S/C13H22O2/c1-5-7-8-11(3)12(4)9-10-15-13(14)6-2/h5,9-12H,1,6-8H2,2-4H3/b10-9+. The van der Waals surface area contributed by atoms with Crippen molar-refractivity contribution >= 4 is 5.97 Å². The largest absolute Gasteiger partial charge is 0.435 e. The number of carbonyl (C=O) groups excluding carboxylic acids is 1. The smallest absolute Gasteiger partial charge is 0.310 e. The summed E-state index contributed by atoms with van der Waals surface area (Å²) in [5, 5.41) is 0. The molecule has 0 aromatic rings. The van der Waals surface area contributed by atoms with Crippen LogP contribution in [0.1, 0.15) is 40.0 Å². The Morgan fingerprint density at radius 1 is 1.47 bits per heavy atom. The average Bonchev–Trinajstić information content (AvgIpc) is 2.25. The lowest BCUT2D eigenvalue weighted by atomic mass is 9.92. The van der Waals surface area contributed by atoms with Crippen molar-refractivity contribution in [1.82, 2.24) is 0 Å². The number of rotatable bonds is 7.